The van der Waals surface area contributed by atoms with Gasteiger partial charge in [0.05, 0.1) is 17.2 Å². The number of nitrogens with two attached hydrogens (primary N) is 1. The average Bonchev–Trinajstić information content (AvgIpc) is 2.76. The number of rotatable bonds is 5. The fourth-order valence-electron chi connectivity index (χ4n) is 2.22. The fourth-order valence-corrected chi connectivity index (χ4v) is 3.17. The van der Waals surface area contributed by atoms with Gasteiger partial charge in [-0.2, -0.15) is 0 Å². The number of anilines is 1. The molecule has 2 rings (SSSR count). The number of thiazole rings is 1. The van der Waals surface area contributed by atoms with Crippen molar-refractivity contribution in [2.45, 2.75) is 32.9 Å². The highest BCUT2D eigenvalue weighted by atomic mass is 79.9. The molecule has 0 saturated heterocycles. The molecule has 1 atom stereocenters. The number of hydrogen-bond donors (Lipinski definition) is 1. The number of aryl methyl sites for hydroxylation is 1. The van der Waals surface area contributed by atoms with E-state index in [4.69, 9.17) is 5.73 Å². The maximum Gasteiger partial charge on any atom is 0.0898 e. The van der Waals surface area contributed by atoms with Crippen LogP contribution in [0.15, 0.2) is 28.1 Å². The van der Waals surface area contributed by atoms with Crippen LogP contribution in [0.3, 0.4) is 0 Å². The molecule has 0 saturated carbocycles. The Morgan fingerprint density at radius 1 is 1.45 bits per heavy atom. The van der Waals surface area contributed by atoms with Gasteiger partial charge < -0.3 is 10.6 Å². The predicted molar refractivity (Wildman–Crippen MR) is 90.5 cm³/mol. The summed E-state index contributed by atoms with van der Waals surface area (Å²) in [5.41, 5.74) is 9.55. The highest BCUT2D eigenvalue weighted by Crippen LogP contribution is 2.26. The van der Waals surface area contributed by atoms with Crippen LogP contribution in [0.1, 0.15) is 23.2 Å². The molecule has 0 aliphatic rings. The zero-order valence-electron chi connectivity index (χ0n) is 12.1. The SMILES string of the molecule is Cc1nc(CN(C)c2cc(Br)ccc2CC(C)N)cs1. The van der Waals surface area contributed by atoms with Crippen LogP contribution in [0.4, 0.5) is 5.69 Å². The zero-order chi connectivity index (χ0) is 14.7. The van der Waals surface area contributed by atoms with Gasteiger partial charge in [0, 0.05) is 28.6 Å². The molecule has 1 unspecified atom stereocenters. The molecule has 0 fully saturated rings. The van der Waals surface area contributed by atoms with Gasteiger partial charge in [0.2, 0.25) is 0 Å². The largest absolute Gasteiger partial charge is 0.368 e. The van der Waals surface area contributed by atoms with Crippen molar-refractivity contribution in [1.29, 1.82) is 0 Å². The molecule has 1 aromatic heterocycles. The topological polar surface area (TPSA) is 42.2 Å². The molecule has 2 aromatic rings. The first-order valence-electron chi connectivity index (χ1n) is 6.62. The van der Waals surface area contributed by atoms with Gasteiger partial charge in [0.15, 0.2) is 0 Å². The monoisotopic (exact) mass is 353 g/mol. The van der Waals surface area contributed by atoms with E-state index in [0.717, 1.165) is 28.1 Å². The molecule has 0 bridgehead atoms. The highest BCUT2D eigenvalue weighted by molar-refractivity contribution is 9.10. The van der Waals surface area contributed by atoms with Gasteiger partial charge in [0.25, 0.3) is 0 Å². The van der Waals surface area contributed by atoms with Crippen molar-refractivity contribution in [2.24, 2.45) is 5.73 Å². The molecule has 0 aliphatic carbocycles. The van der Waals surface area contributed by atoms with E-state index in [2.05, 4.69) is 56.4 Å². The van der Waals surface area contributed by atoms with Gasteiger partial charge in [-0.25, -0.2) is 4.98 Å². The third kappa shape index (κ3) is 4.04. The third-order valence-corrected chi connectivity index (χ3v) is 4.38. The predicted octanol–water partition coefficient (Wildman–Crippen LogP) is 3.74. The molecule has 1 heterocycles. The van der Waals surface area contributed by atoms with Crippen LogP contribution in [0.5, 0.6) is 0 Å². The van der Waals surface area contributed by atoms with Crippen LogP contribution >= 0.6 is 27.3 Å². The van der Waals surface area contributed by atoms with E-state index in [0.29, 0.717) is 0 Å². The van der Waals surface area contributed by atoms with Gasteiger partial charge in [-0.1, -0.05) is 22.0 Å². The summed E-state index contributed by atoms with van der Waals surface area (Å²) in [6.07, 6.45) is 0.878. The Morgan fingerprint density at radius 3 is 2.80 bits per heavy atom. The van der Waals surface area contributed by atoms with E-state index >= 15 is 0 Å². The minimum absolute atomic E-state index is 0.157. The van der Waals surface area contributed by atoms with Gasteiger partial charge in [0.1, 0.15) is 0 Å². The van der Waals surface area contributed by atoms with Crippen molar-refractivity contribution < 1.29 is 0 Å². The van der Waals surface area contributed by atoms with E-state index in [1.165, 1.54) is 11.3 Å². The van der Waals surface area contributed by atoms with Gasteiger partial charge in [-0.05, 0) is 38.0 Å². The lowest BCUT2D eigenvalue weighted by molar-refractivity contribution is 0.733. The second kappa shape index (κ2) is 6.70. The fraction of sp³-hybridized carbons (Fsp3) is 0.400. The standard InChI is InChI=1S/C15H20BrN3S/c1-10(17)6-12-4-5-13(16)7-15(12)19(3)8-14-9-20-11(2)18-14/h4-5,7,9-10H,6,8,17H2,1-3H3. The molecular weight excluding hydrogens is 334 g/mol. The lowest BCUT2D eigenvalue weighted by Gasteiger charge is -2.23. The second-order valence-electron chi connectivity index (χ2n) is 5.17. The molecule has 2 N–H and O–H groups in total. The molecule has 0 amide bonds. The lowest BCUT2D eigenvalue weighted by Crippen LogP contribution is -2.22. The maximum atomic E-state index is 5.95. The summed E-state index contributed by atoms with van der Waals surface area (Å²) in [7, 11) is 2.10. The zero-order valence-corrected chi connectivity index (χ0v) is 14.5. The van der Waals surface area contributed by atoms with E-state index in [9.17, 15) is 0 Å². The minimum atomic E-state index is 0.157. The summed E-state index contributed by atoms with van der Waals surface area (Å²) in [6, 6.07) is 6.52. The molecule has 3 nitrogen and oxygen atoms in total. The number of hydrogen-bond acceptors (Lipinski definition) is 4. The van der Waals surface area contributed by atoms with Gasteiger partial charge in [-0.3, -0.25) is 0 Å². The summed E-state index contributed by atoms with van der Waals surface area (Å²) in [5.74, 6) is 0. The third-order valence-electron chi connectivity index (χ3n) is 3.07. The first-order chi connectivity index (χ1) is 9.45. The van der Waals surface area contributed by atoms with Crippen LogP contribution in [-0.4, -0.2) is 18.1 Å². The molecule has 5 heteroatoms. The average molecular weight is 354 g/mol. The Balaban J connectivity index is 2.23. The van der Waals surface area contributed by atoms with Crippen LogP contribution in [0.25, 0.3) is 0 Å². The lowest BCUT2D eigenvalue weighted by atomic mass is 10.0. The summed E-state index contributed by atoms with van der Waals surface area (Å²) >= 11 is 5.24. The van der Waals surface area contributed by atoms with Crippen molar-refractivity contribution >= 4 is 33.0 Å². The molecule has 0 spiro atoms. The Labute approximate surface area is 133 Å². The van der Waals surface area contributed by atoms with Crippen molar-refractivity contribution in [2.75, 3.05) is 11.9 Å². The highest BCUT2D eigenvalue weighted by Gasteiger charge is 2.11. The Kier molecular flexibility index (Phi) is 5.18. The van der Waals surface area contributed by atoms with Gasteiger partial charge >= 0.3 is 0 Å². The number of benzene rings is 1. The van der Waals surface area contributed by atoms with Gasteiger partial charge in [-0.15, -0.1) is 11.3 Å². The number of nitrogens with zero attached hydrogens (tertiary/aromatic N) is 2. The first kappa shape index (κ1) is 15.5. The number of aromatic nitrogens is 1. The summed E-state index contributed by atoms with van der Waals surface area (Å²) < 4.78 is 1.09. The second-order valence-corrected chi connectivity index (χ2v) is 7.15. The maximum absolute atomic E-state index is 5.95. The molecular formula is C15H20BrN3S. The van der Waals surface area contributed by atoms with E-state index in [-0.39, 0.29) is 6.04 Å². The summed E-state index contributed by atoms with van der Waals surface area (Å²) in [6.45, 7) is 4.89. The minimum Gasteiger partial charge on any atom is -0.368 e. The summed E-state index contributed by atoms with van der Waals surface area (Å²) in [5, 5.41) is 3.23. The van der Waals surface area contributed by atoms with Crippen LogP contribution < -0.4 is 10.6 Å². The summed E-state index contributed by atoms with van der Waals surface area (Å²) in [4.78, 5) is 6.76. The van der Waals surface area contributed by atoms with Crippen molar-refractivity contribution in [1.82, 2.24) is 4.98 Å². The van der Waals surface area contributed by atoms with Crippen molar-refractivity contribution in [3.05, 3.63) is 44.3 Å². The Morgan fingerprint density at radius 2 is 2.20 bits per heavy atom. The van der Waals surface area contributed by atoms with Crippen LogP contribution in [-0.2, 0) is 13.0 Å². The normalized spacial score (nSPS) is 12.4. The van der Waals surface area contributed by atoms with E-state index < -0.39 is 0 Å². The molecule has 1 aromatic carbocycles. The molecule has 108 valence electrons. The van der Waals surface area contributed by atoms with E-state index in [1.54, 1.807) is 11.3 Å². The Hall–Kier alpha value is -0.910. The van der Waals surface area contributed by atoms with Crippen LogP contribution in [0.2, 0.25) is 0 Å². The molecule has 0 aliphatic heterocycles. The quantitative estimate of drug-likeness (QED) is 0.889. The Bertz CT molecular complexity index is 580. The molecule has 20 heavy (non-hydrogen) atoms. The van der Waals surface area contributed by atoms with Crippen molar-refractivity contribution in [3.8, 4) is 0 Å². The van der Waals surface area contributed by atoms with E-state index in [1.807, 2.05) is 13.8 Å². The van der Waals surface area contributed by atoms with Crippen LogP contribution in [0, 0.1) is 6.92 Å². The molecule has 0 radical (unpaired) electrons. The van der Waals surface area contributed by atoms with Crippen molar-refractivity contribution in [3.63, 3.8) is 0 Å². The number of halogens is 1. The smallest absolute Gasteiger partial charge is 0.0898 e. The first-order valence-corrected chi connectivity index (χ1v) is 8.29.